The van der Waals surface area contributed by atoms with Crippen LogP contribution in [0.15, 0.2) is 42.5 Å². The summed E-state index contributed by atoms with van der Waals surface area (Å²) in [6, 6.07) is 12.0. The average Bonchev–Trinajstić information content (AvgIpc) is 2.56. The van der Waals surface area contributed by atoms with Crippen LogP contribution < -0.4 is 10.6 Å². The van der Waals surface area contributed by atoms with Crippen molar-refractivity contribution >= 4 is 17.8 Å². The molecule has 0 aliphatic carbocycles. The molecular formula is C17H19N3O3. The topological polar surface area (TPSA) is 80.3 Å². The maximum Gasteiger partial charge on any atom is 0.338 e. The van der Waals surface area contributed by atoms with Crippen molar-refractivity contribution in [3.05, 3.63) is 48.0 Å². The van der Waals surface area contributed by atoms with Crippen LogP contribution in [-0.4, -0.2) is 30.1 Å². The molecule has 0 aliphatic heterocycles. The zero-order chi connectivity index (χ0) is 16.7. The first-order valence-corrected chi connectivity index (χ1v) is 7.43. The van der Waals surface area contributed by atoms with E-state index in [0.29, 0.717) is 30.2 Å². The van der Waals surface area contributed by atoms with Gasteiger partial charge < -0.3 is 10.1 Å². The fourth-order valence-corrected chi connectivity index (χ4v) is 1.98. The lowest BCUT2D eigenvalue weighted by Gasteiger charge is -2.08. The van der Waals surface area contributed by atoms with E-state index in [-0.39, 0.29) is 12.0 Å². The Morgan fingerprint density at radius 2 is 1.83 bits per heavy atom. The van der Waals surface area contributed by atoms with Crippen molar-refractivity contribution in [2.75, 3.05) is 18.5 Å². The lowest BCUT2D eigenvalue weighted by molar-refractivity contribution is 0.0526. The van der Waals surface area contributed by atoms with Gasteiger partial charge in [0, 0.05) is 12.1 Å². The number of urea groups is 1. The number of anilines is 1. The lowest BCUT2D eigenvalue weighted by atomic mass is 10.1. The Morgan fingerprint density at radius 3 is 2.48 bits per heavy atom. The fraction of sp³-hybridized carbons (Fsp3) is 0.235. The van der Waals surface area contributed by atoms with Gasteiger partial charge in [-0.2, -0.15) is 0 Å². The highest BCUT2D eigenvalue weighted by atomic mass is 16.5. The number of carbonyl (C=O) groups excluding carboxylic acids is 2. The van der Waals surface area contributed by atoms with Gasteiger partial charge in [0.2, 0.25) is 0 Å². The monoisotopic (exact) mass is 313 g/mol. The molecule has 1 aromatic carbocycles. The highest BCUT2D eigenvalue weighted by molar-refractivity contribution is 5.90. The predicted molar refractivity (Wildman–Crippen MR) is 88.3 cm³/mol. The van der Waals surface area contributed by atoms with E-state index >= 15 is 0 Å². The van der Waals surface area contributed by atoms with Crippen LogP contribution >= 0.6 is 0 Å². The van der Waals surface area contributed by atoms with Crippen LogP contribution in [0.3, 0.4) is 0 Å². The number of carbonyl (C=O) groups is 2. The number of hydrogen-bond donors (Lipinski definition) is 2. The van der Waals surface area contributed by atoms with Crippen molar-refractivity contribution < 1.29 is 14.3 Å². The maximum absolute atomic E-state index is 11.6. The third-order valence-electron chi connectivity index (χ3n) is 3.02. The van der Waals surface area contributed by atoms with Crippen LogP contribution in [0.4, 0.5) is 10.6 Å². The molecule has 0 saturated carbocycles. The molecule has 2 rings (SSSR count). The van der Waals surface area contributed by atoms with Gasteiger partial charge in [0.15, 0.2) is 0 Å². The standard InChI is InChI=1S/C17H19N3O3/c1-3-18-17(22)20-15-7-5-6-14(19-15)12-8-10-13(11-9-12)16(21)23-4-2/h5-11H,3-4H2,1-2H3,(H2,18,19,20,22). The smallest absolute Gasteiger partial charge is 0.338 e. The van der Waals surface area contributed by atoms with Crippen LogP contribution in [0.1, 0.15) is 24.2 Å². The Balaban J connectivity index is 2.15. The zero-order valence-corrected chi connectivity index (χ0v) is 13.1. The molecule has 0 unspecified atom stereocenters. The summed E-state index contributed by atoms with van der Waals surface area (Å²) in [4.78, 5) is 27.6. The van der Waals surface area contributed by atoms with Gasteiger partial charge in [-0.3, -0.25) is 5.32 Å². The molecule has 1 aromatic heterocycles. The number of hydrogen-bond acceptors (Lipinski definition) is 4. The van der Waals surface area contributed by atoms with E-state index in [2.05, 4.69) is 15.6 Å². The van der Waals surface area contributed by atoms with Crippen LogP contribution in [0.5, 0.6) is 0 Å². The van der Waals surface area contributed by atoms with Gasteiger partial charge in [-0.15, -0.1) is 0 Å². The quantitative estimate of drug-likeness (QED) is 0.831. The maximum atomic E-state index is 11.6. The molecule has 1 heterocycles. The number of ether oxygens (including phenoxy) is 1. The first-order chi connectivity index (χ1) is 11.1. The second kappa shape index (κ2) is 7.93. The van der Waals surface area contributed by atoms with Gasteiger partial charge >= 0.3 is 12.0 Å². The molecule has 0 spiro atoms. The van der Waals surface area contributed by atoms with Gasteiger partial charge in [0.05, 0.1) is 17.9 Å². The molecular weight excluding hydrogens is 294 g/mol. The Hall–Kier alpha value is -2.89. The Morgan fingerprint density at radius 1 is 1.09 bits per heavy atom. The summed E-state index contributed by atoms with van der Waals surface area (Å²) in [6.07, 6.45) is 0. The van der Waals surface area contributed by atoms with Gasteiger partial charge in [-0.25, -0.2) is 14.6 Å². The lowest BCUT2D eigenvalue weighted by Crippen LogP contribution is -2.28. The van der Waals surface area contributed by atoms with E-state index in [1.54, 1.807) is 37.3 Å². The van der Waals surface area contributed by atoms with Crippen molar-refractivity contribution in [1.29, 1.82) is 0 Å². The minimum Gasteiger partial charge on any atom is -0.462 e. The molecule has 2 N–H and O–H groups in total. The van der Waals surface area contributed by atoms with E-state index in [0.717, 1.165) is 5.56 Å². The molecule has 6 nitrogen and oxygen atoms in total. The summed E-state index contributed by atoms with van der Waals surface area (Å²) in [7, 11) is 0. The molecule has 0 radical (unpaired) electrons. The number of nitrogens with one attached hydrogen (secondary N) is 2. The summed E-state index contributed by atoms with van der Waals surface area (Å²) in [5, 5.41) is 5.31. The molecule has 23 heavy (non-hydrogen) atoms. The molecule has 0 aliphatic rings. The molecule has 0 fully saturated rings. The first kappa shape index (κ1) is 16.5. The second-order valence-electron chi connectivity index (χ2n) is 4.69. The fourth-order valence-electron chi connectivity index (χ4n) is 1.98. The molecule has 2 aromatic rings. The zero-order valence-electron chi connectivity index (χ0n) is 13.1. The largest absolute Gasteiger partial charge is 0.462 e. The molecule has 0 atom stereocenters. The summed E-state index contributed by atoms with van der Waals surface area (Å²) >= 11 is 0. The normalized spacial score (nSPS) is 10.0. The van der Waals surface area contributed by atoms with Crippen LogP contribution in [-0.2, 0) is 4.74 Å². The molecule has 6 heteroatoms. The highest BCUT2D eigenvalue weighted by Gasteiger charge is 2.08. The van der Waals surface area contributed by atoms with E-state index < -0.39 is 0 Å². The van der Waals surface area contributed by atoms with Crippen LogP contribution in [0.25, 0.3) is 11.3 Å². The molecule has 120 valence electrons. The minimum absolute atomic E-state index is 0.296. The van der Waals surface area contributed by atoms with Crippen molar-refractivity contribution in [3.63, 3.8) is 0 Å². The Labute approximate surface area is 134 Å². The van der Waals surface area contributed by atoms with Gasteiger partial charge in [-0.05, 0) is 38.1 Å². The number of aromatic nitrogens is 1. The number of pyridine rings is 1. The summed E-state index contributed by atoms with van der Waals surface area (Å²) < 4.78 is 4.95. The van der Waals surface area contributed by atoms with E-state index in [1.165, 1.54) is 0 Å². The number of esters is 1. The molecule has 0 saturated heterocycles. The summed E-state index contributed by atoms with van der Waals surface area (Å²) in [5.41, 5.74) is 2.04. The number of amides is 2. The number of benzene rings is 1. The van der Waals surface area contributed by atoms with Gasteiger partial charge in [0.1, 0.15) is 5.82 Å². The SMILES string of the molecule is CCNC(=O)Nc1cccc(-c2ccc(C(=O)OCC)cc2)n1. The van der Waals surface area contributed by atoms with Crippen molar-refractivity contribution in [2.24, 2.45) is 0 Å². The second-order valence-corrected chi connectivity index (χ2v) is 4.69. The summed E-state index contributed by atoms with van der Waals surface area (Å²) in [5.74, 6) is 0.113. The van der Waals surface area contributed by atoms with Crippen LogP contribution in [0, 0.1) is 0 Å². The van der Waals surface area contributed by atoms with E-state index in [9.17, 15) is 9.59 Å². The van der Waals surface area contributed by atoms with Gasteiger partial charge in [0.25, 0.3) is 0 Å². The van der Waals surface area contributed by atoms with E-state index in [4.69, 9.17) is 4.74 Å². The minimum atomic E-state index is -0.348. The summed E-state index contributed by atoms with van der Waals surface area (Å²) in [6.45, 7) is 4.49. The van der Waals surface area contributed by atoms with Crippen molar-refractivity contribution in [2.45, 2.75) is 13.8 Å². The Kier molecular flexibility index (Phi) is 5.68. The van der Waals surface area contributed by atoms with Crippen LogP contribution in [0.2, 0.25) is 0 Å². The Bertz CT molecular complexity index is 684. The molecule has 2 amide bonds. The number of nitrogens with zero attached hydrogens (tertiary/aromatic N) is 1. The van der Waals surface area contributed by atoms with E-state index in [1.807, 2.05) is 19.1 Å². The highest BCUT2D eigenvalue weighted by Crippen LogP contribution is 2.19. The molecule has 0 bridgehead atoms. The predicted octanol–water partition coefficient (Wildman–Crippen LogP) is 3.07. The average molecular weight is 313 g/mol. The first-order valence-electron chi connectivity index (χ1n) is 7.43. The third-order valence-corrected chi connectivity index (χ3v) is 3.02. The van der Waals surface area contributed by atoms with Gasteiger partial charge in [-0.1, -0.05) is 18.2 Å². The number of rotatable bonds is 5. The third kappa shape index (κ3) is 4.54. The van der Waals surface area contributed by atoms with Crippen molar-refractivity contribution in [1.82, 2.24) is 10.3 Å². The van der Waals surface area contributed by atoms with Crippen molar-refractivity contribution in [3.8, 4) is 11.3 Å².